The number of carboxylic acid groups (broad SMARTS) is 1. The van der Waals surface area contributed by atoms with Crippen LogP contribution in [-0.4, -0.2) is 55.7 Å². The van der Waals surface area contributed by atoms with E-state index in [0.29, 0.717) is 28.2 Å². The molecule has 11 heteroatoms. The number of carbonyl (C=O) groups is 3. The lowest BCUT2D eigenvalue weighted by Crippen LogP contribution is -2.36. The van der Waals surface area contributed by atoms with E-state index < -0.39 is 41.8 Å². The topological polar surface area (TPSA) is 147 Å². The van der Waals surface area contributed by atoms with Crippen LogP contribution in [0.5, 0.6) is 28.7 Å². The Kier molecular flexibility index (Phi) is 6.13. The summed E-state index contributed by atoms with van der Waals surface area (Å²) in [6.45, 7) is -0.0339. The number of hydrogen-bond donors (Lipinski definition) is 2. The molecule has 40 heavy (non-hydrogen) atoms. The zero-order valence-electron chi connectivity index (χ0n) is 21.4. The number of hydrogen-bond acceptors (Lipinski definition) is 10. The first-order valence-electron chi connectivity index (χ1n) is 12.4. The third-order valence-corrected chi connectivity index (χ3v) is 7.59. The molecule has 1 saturated heterocycles. The third kappa shape index (κ3) is 3.93. The van der Waals surface area contributed by atoms with Gasteiger partial charge in [0.1, 0.15) is 6.10 Å². The highest BCUT2D eigenvalue weighted by Gasteiger charge is 2.54. The van der Waals surface area contributed by atoms with Crippen LogP contribution < -0.4 is 18.9 Å². The molecule has 0 amide bonds. The first-order chi connectivity index (χ1) is 19.3. The van der Waals surface area contributed by atoms with Crippen molar-refractivity contribution in [3.05, 3.63) is 76.3 Å². The van der Waals surface area contributed by atoms with Crippen LogP contribution in [0.1, 0.15) is 49.4 Å². The van der Waals surface area contributed by atoms with Gasteiger partial charge in [0.15, 0.2) is 23.0 Å². The second-order valence-electron chi connectivity index (χ2n) is 9.58. The molecule has 2 N–H and O–H groups in total. The number of carbonyl (C=O) groups excluding carboxylic acids is 2. The average Bonchev–Trinajstić information content (AvgIpc) is 3.58. The Morgan fingerprint density at radius 2 is 1.52 bits per heavy atom. The standard InChI is InChI=1S/C29H24O11/c1-35-21-7-13(8-22(36-2)25(21)30)23-16-9-19-20(39-12-38-19)10-17(16)26(18-11-37-29(34)24(18)23)40-28(33)15-6-4-3-5-14(15)27(31)32/h3-10,18,23-24,26,30H,11-12H2,1-2H3,(H,31,32)/t18-,23+,24-,26+/m0/s1. The van der Waals surface area contributed by atoms with Crippen LogP contribution in [0.4, 0.5) is 0 Å². The SMILES string of the molecule is COc1cc([C@@H]2c3cc4c(cc3[C@@H](OC(=O)c3ccccc3C(=O)O)[C@H]3COC(=O)[C@H]23)OCO4)cc(OC)c1O. The lowest BCUT2D eigenvalue weighted by molar-refractivity contribution is -0.141. The Labute approximate surface area is 227 Å². The van der Waals surface area contributed by atoms with Crippen LogP contribution in [0, 0.1) is 11.8 Å². The first-order valence-corrected chi connectivity index (χ1v) is 12.4. The van der Waals surface area contributed by atoms with E-state index in [1.807, 2.05) is 0 Å². The van der Waals surface area contributed by atoms with Crippen LogP contribution in [0.3, 0.4) is 0 Å². The molecule has 0 spiro atoms. The molecular formula is C29H24O11. The van der Waals surface area contributed by atoms with Crippen molar-refractivity contribution in [2.75, 3.05) is 27.6 Å². The molecule has 2 aliphatic heterocycles. The fraction of sp³-hybridized carbons (Fsp3) is 0.276. The van der Waals surface area contributed by atoms with Crippen LogP contribution in [0.15, 0.2) is 48.5 Å². The lowest BCUT2D eigenvalue weighted by atomic mass is 9.66. The van der Waals surface area contributed by atoms with E-state index in [1.54, 1.807) is 30.3 Å². The number of esters is 2. The van der Waals surface area contributed by atoms with Crippen molar-refractivity contribution in [1.29, 1.82) is 0 Å². The molecule has 1 fully saturated rings. The summed E-state index contributed by atoms with van der Waals surface area (Å²) in [6, 6.07) is 12.4. The Morgan fingerprint density at radius 3 is 2.15 bits per heavy atom. The van der Waals surface area contributed by atoms with E-state index in [-0.39, 0.29) is 41.8 Å². The summed E-state index contributed by atoms with van der Waals surface area (Å²) in [4.78, 5) is 38.4. The summed E-state index contributed by atoms with van der Waals surface area (Å²) in [5.41, 5.74) is 1.45. The largest absolute Gasteiger partial charge is 0.502 e. The van der Waals surface area contributed by atoms with Crippen molar-refractivity contribution in [1.82, 2.24) is 0 Å². The molecular weight excluding hydrogens is 524 g/mol. The van der Waals surface area contributed by atoms with E-state index in [1.165, 1.54) is 32.4 Å². The fourth-order valence-electron chi connectivity index (χ4n) is 5.78. The number of methoxy groups -OCH3 is 2. The van der Waals surface area contributed by atoms with Gasteiger partial charge in [-0.2, -0.15) is 0 Å². The highest BCUT2D eigenvalue weighted by atomic mass is 16.7. The highest BCUT2D eigenvalue weighted by Crippen LogP contribution is 2.56. The molecule has 4 atom stereocenters. The normalized spacial score (nSPS) is 22.1. The minimum absolute atomic E-state index is 0.00487. The Hall–Kier alpha value is -4.93. The predicted molar refractivity (Wildman–Crippen MR) is 135 cm³/mol. The van der Waals surface area contributed by atoms with Gasteiger partial charge in [0.25, 0.3) is 0 Å². The number of rotatable bonds is 6. The van der Waals surface area contributed by atoms with Gasteiger partial charge in [-0.05, 0) is 47.5 Å². The van der Waals surface area contributed by atoms with Gasteiger partial charge < -0.3 is 38.6 Å². The minimum atomic E-state index is -1.27. The van der Waals surface area contributed by atoms with Gasteiger partial charge in [-0.1, -0.05) is 12.1 Å². The number of benzene rings is 3. The first kappa shape index (κ1) is 25.4. The highest BCUT2D eigenvalue weighted by molar-refractivity contribution is 6.02. The summed E-state index contributed by atoms with van der Waals surface area (Å²) < 4.78 is 33.4. The molecule has 0 saturated carbocycles. The maximum atomic E-state index is 13.4. The molecule has 206 valence electrons. The summed E-state index contributed by atoms with van der Waals surface area (Å²) in [5.74, 6) is -3.63. The molecule has 6 rings (SSSR count). The van der Waals surface area contributed by atoms with Crippen molar-refractivity contribution in [2.24, 2.45) is 11.8 Å². The van der Waals surface area contributed by atoms with E-state index in [4.69, 9.17) is 28.4 Å². The van der Waals surface area contributed by atoms with Crippen LogP contribution in [0.25, 0.3) is 0 Å². The number of cyclic esters (lactones) is 1. The fourth-order valence-corrected chi connectivity index (χ4v) is 5.78. The van der Waals surface area contributed by atoms with Gasteiger partial charge in [-0.15, -0.1) is 0 Å². The molecule has 2 heterocycles. The number of aromatic hydroxyl groups is 1. The number of ether oxygens (including phenoxy) is 6. The summed E-state index contributed by atoms with van der Waals surface area (Å²) in [6.07, 6.45) is -0.965. The van der Waals surface area contributed by atoms with Crippen molar-refractivity contribution >= 4 is 17.9 Å². The van der Waals surface area contributed by atoms with Crippen molar-refractivity contribution < 1.29 is 53.0 Å². The lowest BCUT2D eigenvalue weighted by Gasteiger charge is -2.38. The van der Waals surface area contributed by atoms with Gasteiger partial charge in [-0.3, -0.25) is 4.79 Å². The molecule has 1 aliphatic carbocycles. The van der Waals surface area contributed by atoms with Crippen LogP contribution >= 0.6 is 0 Å². The summed E-state index contributed by atoms with van der Waals surface area (Å²) in [7, 11) is 2.81. The van der Waals surface area contributed by atoms with E-state index in [2.05, 4.69) is 0 Å². The molecule has 11 nitrogen and oxygen atoms in total. The third-order valence-electron chi connectivity index (χ3n) is 7.59. The number of phenols is 1. The zero-order valence-corrected chi connectivity index (χ0v) is 21.4. The molecule has 0 bridgehead atoms. The van der Waals surface area contributed by atoms with Gasteiger partial charge >= 0.3 is 17.9 Å². The minimum Gasteiger partial charge on any atom is -0.502 e. The van der Waals surface area contributed by atoms with E-state index >= 15 is 0 Å². The van der Waals surface area contributed by atoms with Gasteiger partial charge in [0.05, 0.1) is 37.9 Å². The summed E-state index contributed by atoms with van der Waals surface area (Å²) >= 11 is 0. The van der Waals surface area contributed by atoms with Gasteiger partial charge in [0, 0.05) is 17.4 Å². The monoisotopic (exact) mass is 548 g/mol. The maximum Gasteiger partial charge on any atom is 0.339 e. The van der Waals surface area contributed by atoms with Gasteiger partial charge in [-0.25, -0.2) is 9.59 Å². The quantitative estimate of drug-likeness (QED) is 0.435. The molecule has 0 aromatic heterocycles. The predicted octanol–water partition coefficient (Wildman–Crippen LogP) is 3.67. The van der Waals surface area contributed by atoms with Crippen molar-refractivity contribution in [3.63, 3.8) is 0 Å². The molecule has 0 unspecified atom stereocenters. The Morgan fingerprint density at radius 1 is 0.900 bits per heavy atom. The van der Waals surface area contributed by atoms with Crippen molar-refractivity contribution in [3.8, 4) is 28.7 Å². The molecule has 3 aromatic rings. The van der Waals surface area contributed by atoms with Crippen LogP contribution in [-0.2, 0) is 14.3 Å². The number of aromatic carboxylic acids is 1. The summed E-state index contributed by atoms with van der Waals surface area (Å²) in [5, 5.41) is 20.1. The van der Waals surface area contributed by atoms with E-state index in [9.17, 15) is 24.6 Å². The number of carboxylic acids is 1. The van der Waals surface area contributed by atoms with E-state index in [0.717, 1.165) is 0 Å². The average molecular weight is 549 g/mol. The van der Waals surface area contributed by atoms with Crippen molar-refractivity contribution in [2.45, 2.75) is 12.0 Å². The Balaban J connectivity index is 1.52. The molecule has 0 radical (unpaired) electrons. The maximum absolute atomic E-state index is 13.4. The molecule has 3 aromatic carbocycles. The van der Waals surface area contributed by atoms with Gasteiger partial charge in [0.2, 0.25) is 12.5 Å². The Bertz CT molecular complexity index is 1520. The number of phenolic OH excluding ortho intramolecular Hbond substituents is 1. The van der Waals surface area contributed by atoms with Crippen LogP contribution in [0.2, 0.25) is 0 Å². The zero-order chi connectivity index (χ0) is 28.1. The molecule has 3 aliphatic rings. The second-order valence-corrected chi connectivity index (χ2v) is 9.58. The second kappa shape index (κ2) is 9.67. The smallest absolute Gasteiger partial charge is 0.339 e. The number of fused-ring (bicyclic) bond motifs is 3.